The van der Waals surface area contributed by atoms with E-state index in [0.717, 1.165) is 37.7 Å². The first-order valence-corrected chi connectivity index (χ1v) is 19.2. The minimum atomic E-state index is -2.02. The van der Waals surface area contributed by atoms with Gasteiger partial charge in [-0.2, -0.15) is 0 Å². The van der Waals surface area contributed by atoms with Gasteiger partial charge in [0.15, 0.2) is 20.4 Å². The number of carbonyl (C=O) groups excluding carboxylic acids is 1. The Morgan fingerprint density at radius 1 is 0.955 bits per heavy atom. The van der Waals surface area contributed by atoms with Gasteiger partial charge in [0.1, 0.15) is 0 Å². The zero-order chi connectivity index (χ0) is 33.5. The summed E-state index contributed by atoms with van der Waals surface area (Å²) in [6, 6.07) is 0. The van der Waals surface area contributed by atoms with E-state index in [-0.39, 0.29) is 23.9 Å². The molecular weight excluding hydrogens is 568 g/mol. The van der Waals surface area contributed by atoms with Crippen LogP contribution in [0.15, 0.2) is 34.6 Å². The van der Waals surface area contributed by atoms with Crippen LogP contribution >= 0.6 is 0 Å². The van der Waals surface area contributed by atoms with E-state index in [2.05, 4.69) is 81.4 Å². The first-order chi connectivity index (χ1) is 20.5. The van der Waals surface area contributed by atoms with Crippen molar-refractivity contribution < 1.29 is 28.2 Å². The van der Waals surface area contributed by atoms with E-state index < -0.39 is 19.5 Å². The van der Waals surface area contributed by atoms with Crippen LogP contribution < -0.4 is 0 Å². The van der Waals surface area contributed by atoms with Crippen molar-refractivity contribution in [1.29, 1.82) is 0 Å². The SMILES string of the molecule is COC(CC/C(C)=C/CC/C(C)=C/C[C@]1(C)C(=O)C2=C([C@H]1CCO[Si](C(C)C)(C(C)C)C(C)C)[C@@H](C)COC(C)(C)O2)OC. The second-order valence-corrected chi connectivity index (χ2v) is 20.5. The molecule has 1 aliphatic heterocycles. The molecule has 7 heteroatoms. The normalized spacial score (nSPS) is 25.0. The molecule has 0 aromatic rings. The molecule has 0 radical (unpaired) electrons. The highest BCUT2D eigenvalue weighted by atomic mass is 28.4. The minimum absolute atomic E-state index is 0.0522. The van der Waals surface area contributed by atoms with E-state index in [1.165, 1.54) is 11.1 Å². The maximum absolute atomic E-state index is 14.3. The number of carbonyl (C=O) groups is 1. The topological polar surface area (TPSA) is 63.2 Å². The first-order valence-electron chi connectivity index (χ1n) is 17.1. The van der Waals surface area contributed by atoms with Crippen molar-refractivity contribution >= 4 is 14.1 Å². The van der Waals surface area contributed by atoms with Gasteiger partial charge in [-0.3, -0.25) is 4.79 Å². The number of rotatable bonds is 17. The monoisotopic (exact) mass is 634 g/mol. The molecule has 0 aromatic heterocycles. The molecule has 0 bridgehead atoms. The number of Topliss-reactive ketones (excluding diaryl/α,β-unsaturated/α-hetero) is 1. The zero-order valence-electron chi connectivity index (χ0n) is 30.7. The van der Waals surface area contributed by atoms with E-state index in [1.54, 1.807) is 14.2 Å². The lowest BCUT2D eigenvalue weighted by Gasteiger charge is -2.43. The standard InChI is InChI=1S/C37H66O6Si/c1-25(2)44(26(3)4,27(5)6)42-23-21-31-33-30(9)24-41-36(10,11)43-34(33)35(38)37(31,12)22-20-29(8)17-15-16-28(7)18-19-32(39-13)40-14/h16,20,25-27,30-32H,15,17-19,21-24H2,1-14H3/b28-16+,29-20+/t30-,31+,37-/m0/s1. The van der Waals surface area contributed by atoms with Crippen molar-refractivity contribution in [2.75, 3.05) is 27.4 Å². The average molecular weight is 635 g/mol. The summed E-state index contributed by atoms with van der Waals surface area (Å²) in [7, 11) is 1.34. The van der Waals surface area contributed by atoms with Crippen LogP contribution in [0.2, 0.25) is 16.6 Å². The molecule has 254 valence electrons. The minimum Gasteiger partial charge on any atom is -0.459 e. The van der Waals surface area contributed by atoms with Gasteiger partial charge in [-0.05, 0) is 74.1 Å². The summed E-state index contributed by atoms with van der Waals surface area (Å²) in [5, 5.41) is 0. The van der Waals surface area contributed by atoms with Crippen LogP contribution in [0.25, 0.3) is 0 Å². The zero-order valence-corrected chi connectivity index (χ0v) is 31.7. The molecular formula is C37H66O6Si. The van der Waals surface area contributed by atoms with Crippen molar-refractivity contribution in [3.8, 4) is 0 Å². The Bertz CT molecular complexity index is 1010. The van der Waals surface area contributed by atoms with Crippen LogP contribution in [-0.2, 0) is 28.2 Å². The largest absolute Gasteiger partial charge is 0.459 e. The lowest BCUT2D eigenvalue weighted by molar-refractivity contribution is -0.191. The predicted molar refractivity (Wildman–Crippen MR) is 184 cm³/mol. The Kier molecular flexibility index (Phi) is 14.6. The van der Waals surface area contributed by atoms with E-state index in [1.807, 2.05) is 13.8 Å². The van der Waals surface area contributed by atoms with E-state index in [0.29, 0.717) is 42.0 Å². The quantitative estimate of drug-likeness (QED) is 0.0901. The predicted octanol–water partition coefficient (Wildman–Crippen LogP) is 9.91. The molecule has 0 saturated heterocycles. The Hall–Kier alpha value is -1.25. The van der Waals surface area contributed by atoms with Gasteiger partial charge in [0.25, 0.3) is 0 Å². The van der Waals surface area contributed by atoms with E-state index >= 15 is 0 Å². The number of allylic oxidation sites excluding steroid dienone is 5. The van der Waals surface area contributed by atoms with Gasteiger partial charge in [0.2, 0.25) is 11.6 Å². The van der Waals surface area contributed by atoms with Gasteiger partial charge < -0.3 is 23.4 Å². The smallest absolute Gasteiger partial charge is 0.205 e. The maximum Gasteiger partial charge on any atom is 0.205 e. The van der Waals surface area contributed by atoms with Crippen molar-refractivity contribution in [1.82, 2.24) is 0 Å². The summed E-state index contributed by atoms with van der Waals surface area (Å²) in [5.74, 6) is -0.00313. The van der Waals surface area contributed by atoms with Crippen LogP contribution in [-0.4, -0.2) is 53.6 Å². The number of ether oxygens (including phenoxy) is 4. The first kappa shape index (κ1) is 38.9. The van der Waals surface area contributed by atoms with Crippen molar-refractivity contribution in [2.24, 2.45) is 17.3 Å². The highest BCUT2D eigenvalue weighted by Gasteiger charge is 2.55. The summed E-state index contributed by atoms with van der Waals surface area (Å²) in [6.45, 7) is 27.7. The fourth-order valence-electron chi connectivity index (χ4n) is 7.79. The summed E-state index contributed by atoms with van der Waals surface area (Å²) in [5.41, 5.74) is 4.79. The van der Waals surface area contributed by atoms with Crippen LogP contribution in [0.5, 0.6) is 0 Å². The molecule has 1 heterocycles. The van der Waals surface area contributed by atoms with Crippen LogP contribution in [0, 0.1) is 17.3 Å². The number of hydrogen-bond donors (Lipinski definition) is 0. The summed E-state index contributed by atoms with van der Waals surface area (Å²) in [6.07, 6.45) is 9.73. The number of methoxy groups -OCH3 is 2. The fraction of sp³-hybridized carbons (Fsp3) is 0.811. The third-order valence-electron chi connectivity index (χ3n) is 10.4. The molecule has 2 aliphatic rings. The summed E-state index contributed by atoms with van der Waals surface area (Å²) < 4.78 is 30.1. The molecule has 2 rings (SSSR count). The number of ketones is 1. The van der Waals surface area contributed by atoms with Gasteiger partial charge in [-0.1, -0.05) is 78.7 Å². The molecule has 0 N–H and O–H groups in total. The average Bonchev–Trinajstić information content (AvgIpc) is 3.05. The maximum atomic E-state index is 14.3. The third kappa shape index (κ3) is 9.18. The third-order valence-corrected chi connectivity index (χ3v) is 16.5. The van der Waals surface area contributed by atoms with Crippen molar-refractivity contribution in [3.05, 3.63) is 34.6 Å². The fourth-order valence-corrected chi connectivity index (χ4v) is 13.3. The Morgan fingerprint density at radius 3 is 2.07 bits per heavy atom. The van der Waals surface area contributed by atoms with Crippen molar-refractivity contribution in [2.45, 2.75) is 150 Å². The van der Waals surface area contributed by atoms with Crippen LogP contribution in [0.3, 0.4) is 0 Å². The molecule has 1 aliphatic carbocycles. The molecule has 0 saturated carbocycles. The number of hydrogen-bond acceptors (Lipinski definition) is 6. The Labute approximate surface area is 271 Å². The van der Waals surface area contributed by atoms with Gasteiger partial charge >= 0.3 is 0 Å². The highest BCUT2D eigenvalue weighted by molar-refractivity contribution is 6.77. The molecule has 0 amide bonds. The molecule has 0 aromatic carbocycles. The van der Waals surface area contributed by atoms with Gasteiger partial charge in [-0.25, -0.2) is 0 Å². The molecule has 44 heavy (non-hydrogen) atoms. The Morgan fingerprint density at radius 2 is 1.52 bits per heavy atom. The summed E-state index contributed by atoms with van der Waals surface area (Å²) in [4.78, 5) is 14.3. The highest BCUT2D eigenvalue weighted by Crippen LogP contribution is 2.53. The molecule has 0 unspecified atom stereocenters. The Balaban J connectivity index is 2.28. The van der Waals surface area contributed by atoms with Gasteiger partial charge in [0.05, 0.1) is 6.61 Å². The van der Waals surface area contributed by atoms with E-state index in [9.17, 15) is 4.79 Å². The molecule has 0 fully saturated rings. The van der Waals surface area contributed by atoms with Crippen LogP contribution in [0.4, 0.5) is 0 Å². The summed E-state index contributed by atoms with van der Waals surface area (Å²) >= 11 is 0. The van der Waals surface area contributed by atoms with Gasteiger partial charge in [0, 0.05) is 52.4 Å². The van der Waals surface area contributed by atoms with Crippen molar-refractivity contribution in [3.63, 3.8) is 0 Å². The molecule has 3 atom stereocenters. The lowest BCUT2D eigenvalue weighted by atomic mass is 9.70. The molecule has 6 nitrogen and oxygen atoms in total. The van der Waals surface area contributed by atoms with Crippen LogP contribution in [0.1, 0.15) is 122 Å². The lowest BCUT2D eigenvalue weighted by Crippen LogP contribution is -2.48. The van der Waals surface area contributed by atoms with Gasteiger partial charge in [-0.15, -0.1) is 0 Å². The second kappa shape index (κ2) is 16.5. The van der Waals surface area contributed by atoms with E-state index in [4.69, 9.17) is 23.4 Å². The molecule has 0 spiro atoms. The second-order valence-electron chi connectivity index (χ2n) is 15.0.